The minimum Gasteiger partial charge on any atom is -0.390 e. The molecule has 1 atom stereocenters. The molecule has 0 aromatic heterocycles. The predicted molar refractivity (Wildman–Crippen MR) is 109 cm³/mol. The Bertz CT molecular complexity index is 834. The summed E-state index contributed by atoms with van der Waals surface area (Å²) in [6, 6.07) is 15.1. The van der Waals surface area contributed by atoms with Crippen molar-refractivity contribution in [1.29, 1.82) is 0 Å². The SMILES string of the molecule is CC(C)C(=O)N(Cc1cccc(Cl)c1)C[C@@H]1CC(c2ccc(Cl)cc2)=NO1. The topological polar surface area (TPSA) is 41.9 Å². The number of hydrogen-bond acceptors (Lipinski definition) is 3. The minimum absolute atomic E-state index is 0.0820. The molecule has 3 rings (SSSR count). The molecule has 1 heterocycles. The van der Waals surface area contributed by atoms with Gasteiger partial charge < -0.3 is 9.74 Å². The van der Waals surface area contributed by atoms with Crippen LogP contribution in [-0.4, -0.2) is 29.2 Å². The van der Waals surface area contributed by atoms with Gasteiger partial charge in [0.2, 0.25) is 5.91 Å². The van der Waals surface area contributed by atoms with E-state index in [0.717, 1.165) is 16.8 Å². The maximum Gasteiger partial charge on any atom is 0.225 e. The normalized spacial score (nSPS) is 16.2. The average Bonchev–Trinajstić information content (AvgIpc) is 3.09. The highest BCUT2D eigenvalue weighted by molar-refractivity contribution is 6.31. The Hall–Kier alpha value is -2.04. The lowest BCUT2D eigenvalue weighted by Crippen LogP contribution is -2.39. The molecule has 0 bridgehead atoms. The Morgan fingerprint density at radius 2 is 1.93 bits per heavy atom. The van der Waals surface area contributed by atoms with Crippen molar-refractivity contribution in [3.05, 3.63) is 69.7 Å². The van der Waals surface area contributed by atoms with Gasteiger partial charge in [0.25, 0.3) is 0 Å². The van der Waals surface area contributed by atoms with Gasteiger partial charge >= 0.3 is 0 Å². The molecule has 0 spiro atoms. The third-order valence-electron chi connectivity index (χ3n) is 4.40. The molecule has 142 valence electrons. The molecule has 0 unspecified atom stereocenters. The number of hydrogen-bond donors (Lipinski definition) is 0. The monoisotopic (exact) mass is 404 g/mol. The van der Waals surface area contributed by atoms with Crippen LogP contribution in [0.2, 0.25) is 10.0 Å². The Labute approximate surface area is 169 Å². The average molecular weight is 405 g/mol. The van der Waals surface area contributed by atoms with Crippen molar-refractivity contribution in [2.45, 2.75) is 32.9 Å². The standard InChI is InChI=1S/C21H22Cl2N2O2/c1-14(2)21(26)25(12-15-4-3-5-18(23)10-15)13-19-11-20(24-27-19)16-6-8-17(22)9-7-16/h3-10,14,19H,11-13H2,1-2H3/t19-/m0/s1. The third kappa shape index (κ3) is 5.24. The fourth-order valence-corrected chi connectivity index (χ4v) is 3.38. The zero-order valence-corrected chi connectivity index (χ0v) is 16.9. The van der Waals surface area contributed by atoms with Crippen molar-refractivity contribution in [3.63, 3.8) is 0 Å². The minimum atomic E-state index is -0.169. The molecule has 0 N–H and O–H groups in total. The molecular weight excluding hydrogens is 383 g/mol. The van der Waals surface area contributed by atoms with Gasteiger partial charge in [0.15, 0.2) is 6.10 Å². The van der Waals surface area contributed by atoms with E-state index in [1.54, 1.807) is 0 Å². The summed E-state index contributed by atoms with van der Waals surface area (Å²) >= 11 is 12.0. The third-order valence-corrected chi connectivity index (χ3v) is 4.89. The molecule has 6 heteroatoms. The first-order chi connectivity index (χ1) is 12.9. The van der Waals surface area contributed by atoms with E-state index in [1.807, 2.05) is 67.3 Å². The Morgan fingerprint density at radius 3 is 2.59 bits per heavy atom. The number of nitrogens with zero attached hydrogens (tertiary/aromatic N) is 2. The fourth-order valence-electron chi connectivity index (χ4n) is 3.04. The number of rotatable bonds is 6. The van der Waals surface area contributed by atoms with Gasteiger partial charge in [-0.25, -0.2) is 0 Å². The number of oxime groups is 1. The van der Waals surface area contributed by atoms with Crippen LogP contribution >= 0.6 is 23.2 Å². The van der Waals surface area contributed by atoms with E-state index in [-0.39, 0.29) is 17.9 Å². The van der Waals surface area contributed by atoms with Crippen LogP contribution in [0.15, 0.2) is 53.7 Å². The lowest BCUT2D eigenvalue weighted by Gasteiger charge is -2.26. The summed E-state index contributed by atoms with van der Waals surface area (Å²) in [5, 5.41) is 5.56. The summed E-state index contributed by atoms with van der Waals surface area (Å²) in [5.41, 5.74) is 2.85. The lowest BCUT2D eigenvalue weighted by atomic mass is 10.0. The highest BCUT2D eigenvalue weighted by Gasteiger charge is 2.27. The van der Waals surface area contributed by atoms with Crippen molar-refractivity contribution in [2.75, 3.05) is 6.54 Å². The number of benzene rings is 2. The summed E-state index contributed by atoms with van der Waals surface area (Å²) in [5.74, 6) is -0.0132. The van der Waals surface area contributed by atoms with Crippen LogP contribution in [0.3, 0.4) is 0 Å². The van der Waals surface area contributed by atoms with Gasteiger partial charge in [-0.05, 0) is 35.4 Å². The summed E-state index contributed by atoms with van der Waals surface area (Å²) in [7, 11) is 0. The molecule has 0 fully saturated rings. The molecule has 1 aliphatic heterocycles. The first-order valence-electron chi connectivity index (χ1n) is 8.94. The molecule has 0 aliphatic carbocycles. The predicted octanol–water partition coefficient (Wildman–Crippen LogP) is 5.17. The van der Waals surface area contributed by atoms with E-state index in [9.17, 15) is 4.79 Å². The highest BCUT2D eigenvalue weighted by atomic mass is 35.5. The van der Waals surface area contributed by atoms with Gasteiger partial charge in [-0.15, -0.1) is 0 Å². The first-order valence-corrected chi connectivity index (χ1v) is 9.70. The van der Waals surface area contributed by atoms with E-state index in [4.69, 9.17) is 28.0 Å². The zero-order valence-electron chi connectivity index (χ0n) is 15.4. The van der Waals surface area contributed by atoms with Gasteiger partial charge in [-0.2, -0.15) is 0 Å². The van der Waals surface area contributed by atoms with Crippen LogP contribution in [0.1, 0.15) is 31.4 Å². The maximum atomic E-state index is 12.7. The fraction of sp³-hybridized carbons (Fsp3) is 0.333. The first kappa shape index (κ1) is 19.7. The van der Waals surface area contributed by atoms with E-state index < -0.39 is 0 Å². The van der Waals surface area contributed by atoms with Gasteiger partial charge in [-0.1, -0.05) is 66.5 Å². The number of carbonyl (C=O) groups excluding carboxylic acids is 1. The molecule has 0 radical (unpaired) electrons. The van der Waals surface area contributed by atoms with Crippen LogP contribution < -0.4 is 0 Å². The maximum absolute atomic E-state index is 12.7. The van der Waals surface area contributed by atoms with Gasteiger partial charge in [0, 0.05) is 28.9 Å². The summed E-state index contributed by atoms with van der Waals surface area (Å²) in [4.78, 5) is 20.1. The Morgan fingerprint density at radius 1 is 1.19 bits per heavy atom. The van der Waals surface area contributed by atoms with E-state index in [1.165, 1.54) is 0 Å². The van der Waals surface area contributed by atoms with Crippen LogP contribution in [0, 0.1) is 5.92 Å². The molecule has 4 nitrogen and oxygen atoms in total. The molecule has 1 aliphatic rings. The van der Waals surface area contributed by atoms with Crippen molar-refractivity contribution in [3.8, 4) is 0 Å². The smallest absolute Gasteiger partial charge is 0.225 e. The summed E-state index contributed by atoms with van der Waals surface area (Å²) < 4.78 is 0. The van der Waals surface area contributed by atoms with Gasteiger partial charge in [-0.3, -0.25) is 4.79 Å². The quantitative estimate of drug-likeness (QED) is 0.665. The van der Waals surface area contributed by atoms with Crippen LogP contribution in [0.4, 0.5) is 0 Å². The largest absolute Gasteiger partial charge is 0.390 e. The van der Waals surface area contributed by atoms with Crippen LogP contribution in [0.5, 0.6) is 0 Å². The second-order valence-electron chi connectivity index (χ2n) is 6.98. The number of amides is 1. The summed E-state index contributed by atoms with van der Waals surface area (Å²) in [6.45, 7) is 4.77. The van der Waals surface area contributed by atoms with Gasteiger partial charge in [0.1, 0.15) is 0 Å². The van der Waals surface area contributed by atoms with Gasteiger partial charge in [0.05, 0.1) is 12.3 Å². The molecule has 0 saturated carbocycles. The molecule has 27 heavy (non-hydrogen) atoms. The van der Waals surface area contributed by atoms with E-state index in [0.29, 0.717) is 29.6 Å². The zero-order chi connectivity index (χ0) is 19.4. The molecule has 2 aromatic carbocycles. The summed E-state index contributed by atoms with van der Waals surface area (Å²) in [6.07, 6.45) is 0.483. The molecule has 0 saturated heterocycles. The molecule has 1 amide bonds. The Balaban J connectivity index is 1.68. The van der Waals surface area contributed by atoms with E-state index >= 15 is 0 Å². The highest BCUT2D eigenvalue weighted by Crippen LogP contribution is 2.21. The van der Waals surface area contributed by atoms with E-state index in [2.05, 4.69) is 5.16 Å². The second-order valence-corrected chi connectivity index (χ2v) is 7.85. The lowest BCUT2D eigenvalue weighted by molar-refractivity contribution is -0.136. The van der Waals surface area contributed by atoms with Crippen molar-refractivity contribution in [1.82, 2.24) is 4.90 Å². The van der Waals surface area contributed by atoms with Crippen LogP contribution in [0.25, 0.3) is 0 Å². The Kier molecular flexibility index (Phi) is 6.40. The molecule has 2 aromatic rings. The van der Waals surface area contributed by atoms with Crippen molar-refractivity contribution >= 4 is 34.8 Å². The van der Waals surface area contributed by atoms with Crippen LogP contribution in [-0.2, 0) is 16.2 Å². The molecular formula is C21H22Cl2N2O2. The van der Waals surface area contributed by atoms with Crippen molar-refractivity contribution < 1.29 is 9.63 Å². The van der Waals surface area contributed by atoms with Crippen molar-refractivity contribution in [2.24, 2.45) is 11.1 Å². The number of carbonyl (C=O) groups is 1. The number of halogens is 2. The second kappa shape index (κ2) is 8.77.